The Morgan fingerprint density at radius 2 is 2.33 bits per heavy atom. The molecule has 0 radical (unpaired) electrons. The van der Waals surface area contributed by atoms with E-state index in [1.807, 2.05) is 6.92 Å². The fraction of sp³-hybridized carbons (Fsp3) is 0.900. The minimum Gasteiger partial charge on any atom is -0.481 e. The molecule has 5 heteroatoms. The maximum Gasteiger partial charge on any atom is 0.304 e. The summed E-state index contributed by atoms with van der Waals surface area (Å²) in [5.74, 6) is -0.524. The van der Waals surface area contributed by atoms with Gasteiger partial charge in [-0.1, -0.05) is 19.8 Å². The average molecular weight is 215 g/mol. The van der Waals surface area contributed by atoms with Crippen LogP contribution in [0.15, 0.2) is 0 Å². The summed E-state index contributed by atoms with van der Waals surface area (Å²) in [4.78, 5) is 20.9. The lowest BCUT2D eigenvalue weighted by Gasteiger charge is -2.35. The molecule has 0 heterocycles. The summed E-state index contributed by atoms with van der Waals surface area (Å²) in [6, 6.07) is 0. The zero-order valence-electron chi connectivity index (χ0n) is 8.94. The molecule has 1 fully saturated rings. The molecule has 5 nitrogen and oxygen atoms in total. The average Bonchev–Trinajstić information content (AvgIpc) is 1.99. The van der Waals surface area contributed by atoms with Crippen molar-refractivity contribution >= 4 is 5.97 Å². The maximum absolute atomic E-state index is 10.7. The van der Waals surface area contributed by atoms with Crippen molar-refractivity contribution in [2.75, 3.05) is 6.54 Å². The first-order valence-corrected chi connectivity index (χ1v) is 5.27. The molecule has 0 spiro atoms. The molecule has 1 saturated carbocycles. The van der Waals surface area contributed by atoms with Gasteiger partial charge in [0.15, 0.2) is 0 Å². The number of aliphatic carboxylic acids is 1. The van der Waals surface area contributed by atoms with Crippen LogP contribution in [0.3, 0.4) is 0 Å². The Labute approximate surface area is 88.6 Å². The smallest absolute Gasteiger partial charge is 0.304 e. The largest absolute Gasteiger partial charge is 0.481 e. The lowest BCUT2D eigenvalue weighted by Crippen LogP contribution is -2.36. The molecule has 0 aromatic rings. The van der Waals surface area contributed by atoms with E-state index >= 15 is 0 Å². The number of rotatable bonds is 4. The molecule has 2 atom stereocenters. The van der Waals surface area contributed by atoms with Gasteiger partial charge in [-0.05, 0) is 18.8 Å². The third-order valence-corrected chi connectivity index (χ3v) is 3.18. The predicted octanol–water partition coefficient (Wildman–Crippen LogP) is 1.93. The van der Waals surface area contributed by atoms with Gasteiger partial charge >= 0.3 is 5.97 Å². The van der Waals surface area contributed by atoms with E-state index in [-0.39, 0.29) is 17.9 Å². The Bertz CT molecular complexity index is 248. The van der Waals surface area contributed by atoms with Crippen molar-refractivity contribution in [2.24, 2.45) is 11.3 Å². The van der Waals surface area contributed by atoms with E-state index in [4.69, 9.17) is 5.11 Å². The van der Waals surface area contributed by atoms with Crippen molar-refractivity contribution in [3.05, 3.63) is 10.1 Å². The van der Waals surface area contributed by atoms with E-state index in [1.54, 1.807) is 0 Å². The topological polar surface area (TPSA) is 80.4 Å². The summed E-state index contributed by atoms with van der Waals surface area (Å²) in [5.41, 5.74) is -0.604. The molecule has 0 aromatic heterocycles. The Morgan fingerprint density at radius 3 is 2.80 bits per heavy atom. The normalized spacial score (nSPS) is 31.1. The molecule has 1 aliphatic rings. The number of carbonyl (C=O) groups is 1. The zero-order chi connectivity index (χ0) is 11.5. The second-order valence-corrected chi connectivity index (χ2v) is 4.76. The van der Waals surface area contributed by atoms with E-state index < -0.39 is 11.4 Å². The van der Waals surface area contributed by atoms with Crippen LogP contribution in [0, 0.1) is 21.4 Å². The van der Waals surface area contributed by atoms with Gasteiger partial charge in [0.05, 0.1) is 6.42 Å². The van der Waals surface area contributed by atoms with Crippen molar-refractivity contribution in [2.45, 2.75) is 39.0 Å². The number of nitro groups is 1. The summed E-state index contributed by atoms with van der Waals surface area (Å²) in [6.07, 6.45) is 3.23. The van der Waals surface area contributed by atoms with E-state index in [9.17, 15) is 14.9 Å². The quantitative estimate of drug-likeness (QED) is 0.574. The lowest BCUT2D eigenvalue weighted by atomic mass is 9.68. The summed E-state index contributed by atoms with van der Waals surface area (Å²) in [7, 11) is 0. The highest BCUT2D eigenvalue weighted by atomic mass is 16.6. The highest BCUT2D eigenvalue weighted by Gasteiger charge is 2.41. The molecule has 0 aliphatic heterocycles. The van der Waals surface area contributed by atoms with Gasteiger partial charge in [0.2, 0.25) is 6.54 Å². The minimum atomic E-state index is -0.925. The van der Waals surface area contributed by atoms with E-state index in [0.717, 1.165) is 12.8 Å². The van der Waals surface area contributed by atoms with Crippen LogP contribution in [0.25, 0.3) is 0 Å². The van der Waals surface area contributed by atoms with Gasteiger partial charge in [-0.15, -0.1) is 0 Å². The number of nitrogens with zero attached hydrogens (tertiary/aromatic N) is 1. The molecule has 1 rings (SSSR count). The molecule has 1 N–H and O–H groups in total. The summed E-state index contributed by atoms with van der Waals surface area (Å²) < 4.78 is 0. The number of carboxylic acid groups (broad SMARTS) is 1. The van der Waals surface area contributed by atoms with Crippen molar-refractivity contribution in [3.8, 4) is 0 Å². The van der Waals surface area contributed by atoms with Crippen LogP contribution in [-0.4, -0.2) is 22.5 Å². The van der Waals surface area contributed by atoms with Gasteiger partial charge in [0.25, 0.3) is 0 Å². The monoisotopic (exact) mass is 215 g/mol. The minimum absolute atomic E-state index is 0.0711. The molecule has 0 unspecified atom stereocenters. The first kappa shape index (κ1) is 11.9. The van der Waals surface area contributed by atoms with Crippen LogP contribution in [-0.2, 0) is 4.79 Å². The van der Waals surface area contributed by atoms with E-state index in [1.165, 1.54) is 0 Å². The lowest BCUT2D eigenvalue weighted by molar-refractivity contribution is -0.499. The van der Waals surface area contributed by atoms with Gasteiger partial charge in [0.1, 0.15) is 0 Å². The SMILES string of the molecule is C[C@H]1CCC[C@@](CC(=O)O)(C[N+](=O)[O-])C1. The van der Waals surface area contributed by atoms with Crippen LogP contribution in [0.2, 0.25) is 0 Å². The van der Waals surface area contributed by atoms with Gasteiger partial charge in [-0.25, -0.2) is 0 Å². The highest BCUT2D eigenvalue weighted by Crippen LogP contribution is 2.42. The van der Waals surface area contributed by atoms with Gasteiger partial charge in [-0.3, -0.25) is 14.9 Å². The Hall–Kier alpha value is -1.13. The molecular formula is C10H17NO4. The van der Waals surface area contributed by atoms with Crippen molar-refractivity contribution in [1.29, 1.82) is 0 Å². The van der Waals surface area contributed by atoms with Crippen LogP contribution < -0.4 is 0 Å². The Balaban J connectivity index is 2.74. The van der Waals surface area contributed by atoms with Crippen LogP contribution >= 0.6 is 0 Å². The van der Waals surface area contributed by atoms with Gasteiger partial charge in [0, 0.05) is 10.3 Å². The van der Waals surface area contributed by atoms with Crippen molar-refractivity contribution < 1.29 is 14.8 Å². The molecule has 0 aromatic carbocycles. The fourth-order valence-electron chi connectivity index (χ4n) is 2.72. The second kappa shape index (κ2) is 4.59. The van der Waals surface area contributed by atoms with E-state index in [0.29, 0.717) is 18.8 Å². The van der Waals surface area contributed by atoms with Crippen LogP contribution in [0.5, 0.6) is 0 Å². The second-order valence-electron chi connectivity index (χ2n) is 4.76. The standard InChI is InChI=1S/C10H17NO4/c1-8-3-2-4-10(5-8,6-9(12)13)7-11(14)15/h8H,2-7H2,1H3,(H,12,13)/t8-,10+/m0/s1. The first-order valence-electron chi connectivity index (χ1n) is 5.27. The first-order chi connectivity index (χ1) is 6.93. The number of hydrogen-bond donors (Lipinski definition) is 1. The van der Waals surface area contributed by atoms with E-state index in [2.05, 4.69) is 0 Å². The number of carboxylic acids is 1. The number of hydrogen-bond acceptors (Lipinski definition) is 3. The molecule has 0 saturated heterocycles. The molecular weight excluding hydrogens is 198 g/mol. The molecule has 15 heavy (non-hydrogen) atoms. The van der Waals surface area contributed by atoms with Crippen LogP contribution in [0.4, 0.5) is 0 Å². The predicted molar refractivity (Wildman–Crippen MR) is 54.2 cm³/mol. The molecule has 0 amide bonds. The Morgan fingerprint density at radius 1 is 1.67 bits per heavy atom. The van der Waals surface area contributed by atoms with Gasteiger partial charge in [-0.2, -0.15) is 0 Å². The van der Waals surface area contributed by atoms with Crippen LogP contribution in [0.1, 0.15) is 39.0 Å². The zero-order valence-corrected chi connectivity index (χ0v) is 8.94. The molecule has 86 valence electrons. The summed E-state index contributed by atoms with van der Waals surface area (Å²) in [5, 5.41) is 19.4. The summed E-state index contributed by atoms with van der Waals surface area (Å²) >= 11 is 0. The third kappa shape index (κ3) is 3.49. The van der Waals surface area contributed by atoms with Crippen molar-refractivity contribution in [1.82, 2.24) is 0 Å². The highest BCUT2D eigenvalue weighted by molar-refractivity contribution is 5.67. The Kier molecular flexibility index (Phi) is 3.66. The summed E-state index contributed by atoms with van der Waals surface area (Å²) in [6.45, 7) is 1.83. The molecule has 0 bridgehead atoms. The fourth-order valence-corrected chi connectivity index (χ4v) is 2.72. The van der Waals surface area contributed by atoms with Crippen molar-refractivity contribution in [3.63, 3.8) is 0 Å². The maximum atomic E-state index is 10.7. The van der Waals surface area contributed by atoms with Gasteiger partial charge < -0.3 is 5.11 Å². The third-order valence-electron chi connectivity index (χ3n) is 3.18. The molecule has 1 aliphatic carbocycles.